The Morgan fingerprint density at radius 1 is 1.21 bits per heavy atom. The van der Waals surface area contributed by atoms with Gasteiger partial charge in [-0.2, -0.15) is 0 Å². The zero-order valence-electron chi connectivity index (χ0n) is 15.7. The van der Waals surface area contributed by atoms with Crippen LogP contribution < -0.4 is 5.32 Å². The van der Waals surface area contributed by atoms with Gasteiger partial charge in [0.2, 0.25) is 0 Å². The highest BCUT2D eigenvalue weighted by Crippen LogP contribution is 2.41. The first-order chi connectivity index (χ1) is 12.4. The standard InChI is InChI=1S/C20H25NO5.2CH4/c1-5-25-19(23)26-17-16(15-13(3)9-12(2)10-14(15)4)18(22)21-20(17)7-6-8-24-11-20;;/h9-10H,5-8,11H2,1-4H3,(H,21,22);2*1H4. The third-order valence-corrected chi connectivity index (χ3v) is 4.86. The highest BCUT2D eigenvalue weighted by atomic mass is 16.7. The van der Waals surface area contributed by atoms with Crippen LogP contribution in [0.25, 0.3) is 5.57 Å². The summed E-state index contributed by atoms with van der Waals surface area (Å²) in [4.78, 5) is 25.0. The van der Waals surface area contributed by atoms with E-state index in [2.05, 4.69) is 5.32 Å². The molecule has 1 fully saturated rings. The normalized spacial score (nSPS) is 20.9. The van der Waals surface area contributed by atoms with Crippen molar-refractivity contribution in [3.8, 4) is 0 Å². The fraction of sp³-hybridized carbons (Fsp3) is 0.545. The first-order valence-electron chi connectivity index (χ1n) is 8.96. The summed E-state index contributed by atoms with van der Waals surface area (Å²) >= 11 is 0. The number of nitrogens with one attached hydrogen (secondary N) is 1. The van der Waals surface area contributed by atoms with Gasteiger partial charge in [-0.05, 0) is 57.2 Å². The molecule has 6 nitrogen and oxygen atoms in total. The summed E-state index contributed by atoms with van der Waals surface area (Å²) in [6.07, 6.45) is 0.625. The fourth-order valence-electron chi connectivity index (χ4n) is 3.93. The molecule has 0 bridgehead atoms. The Morgan fingerprint density at radius 3 is 2.39 bits per heavy atom. The van der Waals surface area contributed by atoms with Gasteiger partial charge in [0.25, 0.3) is 5.91 Å². The fourth-order valence-corrected chi connectivity index (χ4v) is 3.93. The molecule has 6 heteroatoms. The maximum absolute atomic E-state index is 12.9. The third kappa shape index (κ3) is 4.22. The number of amides is 1. The summed E-state index contributed by atoms with van der Waals surface area (Å²) in [5, 5.41) is 3.01. The van der Waals surface area contributed by atoms with Gasteiger partial charge in [-0.1, -0.05) is 32.5 Å². The van der Waals surface area contributed by atoms with Crippen LogP contribution in [0.5, 0.6) is 0 Å². The Balaban J connectivity index is 0.00000196. The van der Waals surface area contributed by atoms with Crippen LogP contribution in [0, 0.1) is 20.8 Å². The molecule has 3 rings (SSSR count). The van der Waals surface area contributed by atoms with Crippen molar-refractivity contribution in [2.24, 2.45) is 0 Å². The molecule has 2 aliphatic heterocycles. The van der Waals surface area contributed by atoms with E-state index < -0.39 is 11.7 Å². The second-order valence-electron chi connectivity index (χ2n) is 6.96. The molecule has 1 atom stereocenters. The molecule has 0 saturated carbocycles. The monoisotopic (exact) mass is 391 g/mol. The molecule has 1 aromatic carbocycles. The van der Waals surface area contributed by atoms with Gasteiger partial charge in [0, 0.05) is 6.61 Å². The van der Waals surface area contributed by atoms with E-state index in [1.807, 2.05) is 32.9 Å². The van der Waals surface area contributed by atoms with Crippen LogP contribution in [0.4, 0.5) is 4.79 Å². The van der Waals surface area contributed by atoms with Crippen molar-refractivity contribution in [2.75, 3.05) is 19.8 Å². The molecule has 1 amide bonds. The molecule has 1 spiro atoms. The predicted molar refractivity (Wildman–Crippen MR) is 110 cm³/mol. The predicted octanol–water partition coefficient (Wildman–Crippen LogP) is 4.45. The average molecular weight is 392 g/mol. The van der Waals surface area contributed by atoms with E-state index in [9.17, 15) is 9.59 Å². The minimum Gasteiger partial charge on any atom is -0.434 e. The molecular formula is C22H33NO5. The highest BCUT2D eigenvalue weighted by molar-refractivity contribution is 6.24. The summed E-state index contributed by atoms with van der Waals surface area (Å²) in [6, 6.07) is 4.04. The number of hydrogen-bond donors (Lipinski definition) is 1. The molecule has 0 aliphatic carbocycles. The van der Waals surface area contributed by atoms with E-state index in [0.717, 1.165) is 28.7 Å². The topological polar surface area (TPSA) is 73.9 Å². The quantitative estimate of drug-likeness (QED) is 0.771. The summed E-state index contributed by atoms with van der Waals surface area (Å²) in [5.74, 6) is 0.0700. The molecule has 1 N–H and O–H groups in total. The maximum Gasteiger partial charge on any atom is 0.513 e. The Labute approximate surface area is 168 Å². The number of aryl methyl sites for hydroxylation is 3. The van der Waals surface area contributed by atoms with E-state index in [4.69, 9.17) is 14.2 Å². The molecule has 0 radical (unpaired) electrons. The molecule has 2 aliphatic rings. The van der Waals surface area contributed by atoms with Crippen molar-refractivity contribution in [3.05, 3.63) is 40.1 Å². The first-order valence-corrected chi connectivity index (χ1v) is 8.96. The van der Waals surface area contributed by atoms with E-state index >= 15 is 0 Å². The van der Waals surface area contributed by atoms with Gasteiger partial charge in [0.15, 0.2) is 5.76 Å². The third-order valence-electron chi connectivity index (χ3n) is 4.86. The summed E-state index contributed by atoms with van der Waals surface area (Å²) in [7, 11) is 0. The van der Waals surface area contributed by atoms with Crippen LogP contribution in [0.2, 0.25) is 0 Å². The smallest absolute Gasteiger partial charge is 0.434 e. The first kappa shape index (κ1) is 23.7. The minimum absolute atomic E-state index is 0. The number of ether oxygens (including phenoxy) is 3. The van der Waals surface area contributed by atoms with Gasteiger partial charge in [-0.25, -0.2) is 4.79 Å². The molecule has 1 unspecified atom stereocenters. The summed E-state index contributed by atoms with van der Waals surface area (Å²) < 4.78 is 16.1. The number of carbonyl (C=O) groups is 2. The van der Waals surface area contributed by atoms with E-state index in [-0.39, 0.29) is 34.0 Å². The second-order valence-corrected chi connectivity index (χ2v) is 6.96. The number of benzene rings is 1. The lowest BCUT2D eigenvalue weighted by molar-refractivity contribution is -0.117. The molecule has 1 saturated heterocycles. The van der Waals surface area contributed by atoms with Gasteiger partial charge >= 0.3 is 6.16 Å². The Kier molecular flexibility index (Phi) is 7.82. The van der Waals surface area contributed by atoms with Gasteiger partial charge < -0.3 is 19.5 Å². The van der Waals surface area contributed by atoms with E-state index in [1.54, 1.807) is 6.92 Å². The molecular weight excluding hydrogens is 358 g/mol. The lowest BCUT2D eigenvalue weighted by Crippen LogP contribution is -2.51. The van der Waals surface area contributed by atoms with Crippen LogP contribution in [0.1, 0.15) is 56.9 Å². The largest absolute Gasteiger partial charge is 0.513 e. The van der Waals surface area contributed by atoms with Crippen LogP contribution in [-0.2, 0) is 19.0 Å². The minimum atomic E-state index is -0.818. The number of hydrogen-bond acceptors (Lipinski definition) is 5. The van der Waals surface area contributed by atoms with Crippen molar-refractivity contribution >= 4 is 17.6 Å². The van der Waals surface area contributed by atoms with Gasteiger partial charge in [-0.15, -0.1) is 0 Å². The molecule has 28 heavy (non-hydrogen) atoms. The Bertz CT molecular complexity index is 752. The Hall–Kier alpha value is -2.34. The van der Waals surface area contributed by atoms with Crippen molar-refractivity contribution in [1.29, 1.82) is 0 Å². The van der Waals surface area contributed by atoms with E-state index in [0.29, 0.717) is 24.4 Å². The lowest BCUT2D eigenvalue weighted by Gasteiger charge is -2.34. The van der Waals surface area contributed by atoms with Gasteiger partial charge in [-0.3, -0.25) is 4.79 Å². The van der Waals surface area contributed by atoms with Gasteiger partial charge in [0.05, 0.1) is 18.8 Å². The maximum atomic E-state index is 12.9. The molecule has 0 aromatic heterocycles. The average Bonchev–Trinajstić information content (AvgIpc) is 2.80. The van der Waals surface area contributed by atoms with Crippen LogP contribution in [-0.4, -0.2) is 37.4 Å². The van der Waals surface area contributed by atoms with Crippen LogP contribution in [0.3, 0.4) is 0 Å². The van der Waals surface area contributed by atoms with Crippen molar-refractivity contribution in [2.45, 2.75) is 60.9 Å². The Morgan fingerprint density at radius 2 is 1.86 bits per heavy atom. The van der Waals surface area contributed by atoms with Crippen LogP contribution in [0.15, 0.2) is 17.9 Å². The zero-order valence-corrected chi connectivity index (χ0v) is 15.7. The van der Waals surface area contributed by atoms with Crippen LogP contribution >= 0.6 is 0 Å². The summed E-state index contributed by atoms with van der Waals surface area (Å²) in [6.45, 7) is 8.75. The SMILES string of the molecule is C.C.CCOC(=O)OC1=C(c2c(C)cc(C)cc2C)C(=O)NC12CCCOC2. The molecule has 1 aromatic rings. The number of carbonyl (C=O) groups excluding carboxylic acids is 2. The lowest BCUT2D eigenvalue weighted by atomic mass is 9.87. The molecule has 156 valence electrons. The highest BCUT2D eigenvalue weighted by Gasteiger charge is 2.50. The van der Waals surface area contributed by atoms with E-state index in [1.165, 1.54) is 0 Å². The zero-order chi connectivity index (χ0) is 18.9. The van der Waals surface area contributed by atoms with Crippen molar-refractivity contribution in [1.82, 2.24) is 5.32 Å². The number of rotatable bonds is 3. The molecule has 2 heterocycles. The second kappa shape index (κ2) is 9.24. The van der Waals surface area contributed by atoms with Gasteiger partial charge in [0.1, 0.15) is 5.54 Å². The van der Waals surface area contributed by atoms with Crippen molar-refractivity contribution in [3.63, 3.8) is 0 Å². The summed E-state index contributed by atoms with van der Waals surface area (Å²) in [5.41, 5.74) is 3.43. The van der Waals surface area contributed by atoms with Crippen molar-refractivity contribution < 1.29 is 23.8 Å².